The maximum atomic E-state index is 11.8. The molecule has 0 heterocycles. The van der Waals surface area contributed by atoms with E-state index in [1.54, 1.807) is 6.92 Å². The van der Waals surface area contributed by atoms with Gasteiger partial charge in [0.05, 0.1) is 6.61 Å². The lowest BCUT2D eigenvalue weighted by atomic mass is 9.69. The summed E-state index contributed by atoms with van der Waals surface area (Å²) in [4.78, 5) is 22.9. The van der Waals surface area contributed by atoms with Gasteiger partial charge in [0.2, 0.25) is 0 Å². The third-order valence-corrected chi connectivity index (χ3v) is 5.65. The largest absolute Gasteiger partial charge is 0.449 e. The Morgan fingerprint density at radius 1 is 1.25 bits per heavy atom. The third kappa shape index (κ3) is 2.31. The van der Waals surface area contributed by atoms with E-state index >= 15 is 0 Å². The lowest BCUT2D eigenvalue weighted by molar-refractivity contribution is 0.121. The maximum absolute atomic E-state index is 11.8. The van der Waals surface area contributed by atoms with Gasteiger partial charge in [-0.25, -0.2) is 20.4 Å². The minimum atomic E-state index is -0.651. The molecular formula is C14H25N3O3. The molecular weight excluding hydrogens is 258 g/mol. The van der Waals surface area contributed by atoms with Gasteiger partial charge in [0.15, 0.2) is 0 Å². The van der Waals surface area contributed by atoms with Crippen LogP contribution < -0.4 is 16.2 Å². The number of amides is 3. The first-order valence-corrected chi connectivity index (χ1v) is 7.30. The lowest BCUT2D eigenvalue weighted by Gasteiger charge is -2.39. The van der Waals surface area contributed by atoms with E-state index in [1.807, 2.05) is 0 Å². The predicted molar refractivity (Wildman–Crippen MR) is 74.8 cm³/mol. The average Bonchev–Trinajstić information content (AvgIpc) is 2.70. The predicted octanol–water partition coefficient (Wildman–Crippen LogP) is 2.16. The minimum Gasteiger partial charge on any atom is -0.449 e. The Balaban J connectivity index is 1.86. The number of ether oxygens (including phenoxy) is 1. The normalized spacial score (nSPS) is 33.6. The van der Waals surface area contributed by atoms with E-state index in [0.717, 1.165) is 12.8 Å². The molecule has 0 aromatic rings. The monoisotopic (exact) mass is 283 g/mol. The van der Waals surface area contributed by atoms with Crippen LogP contribution in [0.2, 0.25) is 0 Å². The molecule has 0 aromatic carbocycles. The van der Waals surface area contributed by atoms with Crippen molar-refractivity contribution in [2.75, 3.05) is 6.61 Å². The van der Waals surface area contributed by atoms with Gasteiger partial charge in [-0.3, -0.25) is 0 Å². The third-order valence-electron chi connectivity index (χ3n) is 5.65. The van der Waals surface area contributed by atoms with Gasteiger partial charge in [-0.2, -0.15) is 0 Å². The standard InChI is InChI=1S/C14H25N3O3/c1-5-20-12(19)17-16-11(18)15-10-8-9-6-7-14(10,4)13(9,2)3/h9-10H,5-8H2,1-4H3,(H,17,19)(H2,15,16,18)/t9-,10-,14+/m1/s1. The van der Waals surface area contributed by atoms with E-state index in [-0.39, 0.29) is 29.5 Å². The summed E-state index contributed by atoms with van der Waals surface area (Å²) in [7, 11) is 0. The van der Waals surface area contributed by atoms with Crippen LogP contribution in [-0.2, 0) is 4.74 Å². The van der Waals surface area contributed by atoms with Crippen molar-refractivity contribution >= 4 is 12.1 Å². The Morgan fingerprint density at radius 3 is 2.45 bits per heavy atom. The van der Waals surface area contributed by atoms with E-state index in [9.17, 15) is 9.59 Å². The average molecular weight is 283 g/mol. The summed E-state index contributed by atoms with van der Waals surface area (Å²) in [5.74, 6) is 0.663. The van der Waals surface area contributed by atoms with Crippen molar-refractivity contribution in [1.29, 1.82) is 0 Å². The molecule has 20 heavy (non-hydrogen) atoms. The van der Waals surface area contributed by atoms with Crippen LogP contribution in [0.1, 0.15) is 47.0 Å². The number of carbonyl (C=O) groups excluding carboxylic acids is 2. The number of rotatable bonds is 2. The smallest absolute Gasteiger partial charge is 0.426 e. The van der Waals surface area contributed by atoms with Crippen LogP contribution in [0.15, 0.2) is 0 Å². The molecule has 0 saturated heterocycles. The summed E-state index contributed by atoms with van der Waals surface area (Å²) >= 11 is 0. The Morgan fingerprint density at radius 2 is 1.95 bits per heavy atom. The van der Waals surface area contributed by atoms with Gasteiger partial charge in [0.25, 0.3) is 0 Å². The molecule has 0 spiro atoms. The van der Waals surface area contributed by atoms with E-state index in [2.05, 4.69) is 41.7 Å². The molecule has 0 aromatic heterocycles. The first-order valence-electron chi connectivity index (χ1n) is 7.30. The Hall–Kier alpha value is -1.46. The number of hydrazine groups is 1. The zero-order valence-corrected chi connectivity index (χ0v) is 12.7. The van der Waals surface area contributed by atoms with Gasteiger partial charge < -0.3 is 10.1 Å². The van der Waals surface area contributed by atoms with Crippen LogP contribution in [0.4, 0.5) is 9.59 Å². The van der Waals surface area contributed by atoms with Crippen molar-refractivity contribution in [2.24, 2.45) is 16.7 Å². The minimum absolute atomic E-state index is 0.124. The Labute approximate surface area is 120 Å². The zero-order chi connectivity index (χ0) is 15.0. The lowest BCUT2D eigenvalue weighted by Crippen LogP contribution is -2.54. The molecule has 2 rings (SSSR count). The first-order chi connectivity index (χ1) is 9.31. The van der Waals surface area contributed by atoms with Gasteiger partial charge >= 0.3 is 12.1 Å². The second-order valence-electron chi connectivity index (χ2n) is 6.61. The van der Waals surface area contributed by atoms with Gasteiger partial charge in [0, 0.05) is 6.04 Å². The Kier molecular flexibility index (Phi) is 3.84. The Bertz CT molecular complexity index is 410. The topological polar surface area (TPSA) is 79.5 Å². The molecule has 0 unspecified atom stereocenters. The fourth-order valence-electron chi connectivity index (χ4n) is 3.89. The van der Waals surface area contributed by atoms with Crippen LogP contribution in [0, 0.1) is 16.7 Å². The second kappa shape index (κ2) is 5.14. The SMILES string of the molecule is CCOC(=O)NNC(=O)N[C@@H]1C[C@H]2CC[C@]1(C)C2(C)C. The van der Waals surface area contributed by atoms with Crippen molar-refractivity contribution in [3.63, 3.8) is 0 Å². The fourth-order valence-corrected chi connectivity index (χ4v) is 3.89. The summed E-state index contributed by atoms with van der Waals surface area (Å²) in [6.07, 6.45) is 2.74. The van der Waals surface area contributed by atoms with E-state index in [4.69, 9.17) is 0 Å². The van der Waals surface area contributed by atoms with Gasteiger partial charge in [-0.1, -0.05) is 20.8 Å². The summed E-state index contributed by atoms with van der Waals surface area (Å²) in [6, 6.07) is -0.229. The molecule has 2 bridgehead atoms. The summed E-state index contributed by atoms with van der Waals surface area (Å²) < 4.78 is 4.67. The highest BCUT2D eigenvalue weighted by molar-refractivity contribution is 5.77. The maximum Gasteiger partial charge on any atom is 0.426 e. The summed E-state index contributed by atoms with van der Waals surface area (Å²) in [6.45, 7) is 8.81. The van der Waals surface area contributed by atoms with Crippen molar-refractivity contribution in [3.8, 4) is 0 Å². The molecule has 6 heteroatoms. The molecule has 3 amide bonds. The van der Waals surface area contributed by atoms with Crippen LogP contribution in [0.5, 0.6) is 0 Å². The molecule has 2 fully saturated rings. The number of hydrogen-bond acceptors (Lipinski definition) is 3. The van der Waals surface area contributed by atoms with Crippen LogP contribution >= 0.6 is 0 Å². The van der Waals surface area contributed by atoms with Crippen LogP contribution in [0.3, 0.4) is 0 Å². The molecule has 0 radical (unpaired) electrons. The zero-order valence-electron chi connectivity index (χ0n) is 12.7. The van der Waals surface area contributed by atoms with Gasteiger partial charge in [-0.05, 0) is 42.9 Å². The highest BCUT2D eigenvalue weighted by Crippen LogP contribution is 2.65. The molecule has 0 aliphatic heterocycles. The van der Waals surface area contributed by atoms with Gasteiger partial charge in [0.1, 0.15) is 0 Å². The number of urea groups is 1. The molecule has 2 saturated carbocycles. The summed E-state index contributed by atoms with van der Waals surface area (Å²) in [5.41, 5.74) is 4.91. The van der Waals surface area contributed by atoms with Crippen molar-refractivity contribution < 1.29 is 14.3 Å². The van der Waals surface area contributed by atoms with Crippen LogP contribution in [0.25, 0.3) is 0 Å². The van der Waals surface area contributed by atoms with E-state index in [0.29, 0.717) is 5.92 Å². The quantitative estimate of drug-likeness (QED) is 0.679. The molecule has 2 aliphatic carbocycles. The fraction of sp³-hybridized carbons (Fsp3) is 0.857. The molecule has 3 N–H and O–H groups in total. The van der Waals surface area contributed by atoms with E-state index in [1.165, 1.54) is 6.42 Å². The highest BCUT2D eigenvalue weighted by atomic mass is 16.6. The molecule has 6 nitrogen and oxygen atoms in total. The van der Waals surface area contributed by atoms with Gasteiger partial charge in [-0.15, -0.1) is 0 Å². The van der Waals surface area contributed by atoms with Crippen molar-refractivity contribution in [3.05, 3.63) is 0 Å². The molecule has 3 atom stereocenters. The molecule has 2 aliphatic rings. The molecule has 114 valence electrons. The number of carbonyl (C=O) groups is 2. The van der Waals surface area contributed by atoms with Crippen molar-refractivity contribution in [2.45, 2.75) is 53.0 Å². The second-order valence-corrected chi connectivity index (χ2v) is 6.61. The van der Waals surface area contributed by atoms with Crippen LogP contribution in [-0.4, -0.2) is 24.8 Å². The highest BCUT2D eigenvalue weighted by Gasteiger charge is 2.61. The summed E-state index contributed by atoms with van der Waals surface area (Å²) in [5, 5.41) is 2.98. The van der Waals surface area contributed by atoms with E-state index < -0.39 is 6.09 Å². The number of hydrogen-bond donors (Lipinski definition) is 3. The first kappa shape index (κ1) is 14.9. The van der Waals surface area contributed by atoms with Crippen molar-refractivity contribution in [1.82, 2.24) is 16.2 Å². The number of nitrogens with one attached hydrogen (secondary N) is 3. The number of fused-ring (bicyclic) bond motifs is 2.